The molecule has 10 heavy (non-hydrogen) atoms. The molecule has 2 nitrogen and oxygen atoms in total. The van der Waals surface area contributed by atoms with Gasteiger partial charge < -0.3 is 5.11 Å². The molecule has 3 heteroatoms. The Labute approximate surface area is 63.4 Å². The summed E-state index contributed by atoms with van der Waals surface area (Å²) in [7, 11) is 0. The minimum atomic E-state index is 0.343. The molecule has 0 atom stereocenters. The molecule has 0 radical (unpaired) electrons. The second kappa shape index (κ2) is 2.18. The van der Waals surface area contributed by atoms with Crippen molar-refractivity contribution in [3.63, 3.8) is 0 Å². The third kappa shape index (κ3) is 0.874. The van der Waals surface area contributed by atoms with Crippen molar-refractivity contribution >= 4 is 11.9 Å². The number of hydrogen-bond donors (Lipinski definition) is 2. The molecule has 1 heterocycles. The maximum Gasteiger partial charge on any atom is 0.116 e. The van der Waals surface area contributed by atoms with Crippen molar-refractivity contribution in [2.75, 3.05) is 0 Å². The number of fused-ring (bicyclic) bond motifs is 1. The first-order chi connectivity index (χ1) is 4.86. The molecule has 1 aliphatic rings. The fraction of sp³-hybridized carbons (Fsp3) is 0.143. The predicted molar refractivity (Wildman–Crippen MR) is 40.8 cm³/mol. The van der Waals surface area contributed by atoms with Gasteiger partial charge in [-0.3, -0.25) is 4.72 Å². The number of rotatable bonds is 0. The molecule has 1 aromatic rings. The first-order valence-corrected chi connectivity index (χ1v) is 3.89. The Hall–Kier alpha value is -0.670. The summed E-state index contributed by atoms with van der Waals surface area (Å²) in [5.41, 5.74) is 1.27. The van der Waals surface area contributed by atoms with Crippen molar-refractivity contribution in [3.8, 4) is 5.75 Å². The summed E-state index contributed by atoms with van der Waals surface area (Å²) in [6.45, 7) is 0.903. The van der Waals surface area contributed by atoms with Crippen molar-refractivity contribution in [2.45, 2.75) is 11.4 Å². The van der Waals surface area contributed by atoms with Gasteiger partial charge in [0, 0.05) is 11.4 Å². The normalized spacial score (nSPS) is 15.2. The van der Waals surface area contributed by atoms with Gasteiger partial charge in [0.1, 0.15) is 5.75 Å². The summed E-state index contributed by atoms with van der Waals surface area (Å²) in [6.07, 6.45) is 0. The number of benzene rings is 1. The van der Waals surface area contributed by atoms with E-state index in [9.17, 15) is 0 Å². The van der Waals surface area contributed by atoms with Gasteiger partial charge in [0.05, 0.1) is 0 Å². The molecule has 1 aliphatic heterocycles. The van der Waals surface area contributed by atoms with Crippen LogP contribution in [-0.2, 0) is 6.54 Å². The Morgan fingerprint density at radius 3 is 3.30 bits per heavy atom. The fourth-order valence-corrected chi connectivity index (χ4v) is 1.81. The summed E-state index contributed by atoms with van der Waals surface area (Å²) < 4.78 is 3.12. The van der Waals surface area contributed by atoms with Crippen LogP contribution in [0, 0.1) is 0 Å². The van der Waals surface area contributed by atoms with E-state index in [2.05, 4.69) is 4.72 Å². The maximum atomic E-state index is 9.06. The number of nitrogens with one attached hydrogen (secondary N) is 1. The van der Waals surface area contributed by atoms with Gasteiger partial charge in [0.15, 0.2) is 0 Å². The van der Waals surface area contributed by atoms with E-state index in [1.165, 1.54) is 5.56 Å². The third-order valence-electron chi connectivity index (χ3n) is 1.50. The zero-order chi connectivity index (χ0) is 6.97. The van der Waals surface area contributed by atoms with Crippen LogP contribution in [0.3, 0.4) is 0 Å². The van der Waals surface area contributed by atoms with Gasteiger partial charge >= 0.3 is 0 Å². The Morgan fingerprint density at radius 2 is 2.40 bits per heavy atom. The van der Waals surface area contributed by atoms with E-state index < -0.39 is 0 Å². The molecule has 0 saturated heterocycles. The molecular formula is C7H7NOS. The van der Waals surface area contributed by atoms with Gasteiger partial charge in [-0.15, -0.1) is 0 Å². The minimum Gasteiger partial charge on any atom is -0.508 e. The van der Waals surface area contributed by atoms with Crippen LogP contribution in [-0.4, -0.2) is 5.11 Å². The molecule has 0 spiro atoms. The minimum absolute atomic E-state index is 0.343. The maximum absolute atomic E-state index is 9.06. The standard InChI is InChI=1S/C7H7NOS/c9-6-2-1-5-4-8-10-7(5)3-6/h1-3,8-9H,4H2. The highest BCUT2D eigenvalue weighted by atomic mass is 32.2. The van der Waals surface area contributed by atoms with Gasteiger partial charge in [-0.05, 0) is 29.6 Å². The summed E-state index contributed by atoms with van der Waals surface area (Å²) in [5, 5.41) is 9.06. The predicted octanol–water partition coefficient (Wildman–Crippen LogP) is 1.50. The highest BCUT2D eigenvalue weighted by Crippen LogP contribution is 2.29. The van der Waals surface area contributed by atoms with E-state index in [1.807, 2.05) is 6.07 Å². The first-order valence-electron chi connectivity index (χ1n) is 3.08. The van der Waals surface area contributed by atoms with Gasteiger partial charge in [-0.25, -0.2) is 0 Å². The Kier molecular flexibility index (Phi) is 1.32. The molecule has 1 aromatic carbocycles. The second-order valence-electron chi connectivity index (χ2n) is 2.22. The number of phenols is 1. The Balaban J connectivity index is 2.52. The van der Waals surface area contributed by atoms with E-state index in [0.717, 1.165) is 11.4 Å². The van der Waals surface area contributed by atoms with Gasteiger partial charge in [0.25, 0.3) is 0 Å². The molecule has 0 fully saturated rings. The van der Waals surface area contributed by atoms with Crippen LogP contribution in [0.2, 0.25) is 0 Å². The molecule has 0 aromatic heterocycles. The highest BCUT2D eigenvalue weighted by Gasteiger charge is 2.09. The quantitative estimate of drug-likeness (QED) is 0.554. The Bertz CT molecular complexity index is 262. The van der Waals surface area contributed by atoms with Crippen LogP contribution < -0.4 is 4.72 Å². The molecule has 52 valence electrons. The van der Waals surface area contributed by atoms with E-state index in [0.29, 0.717) is 5.75 Å². The number of aromatic hydroxyl groups is 1. The molecule has 0 aliphatic carbocycles. The summed E-state index contributed by atoms with van der Waals surface area (Å²) >= 11 is 1.57. The molecule has 0 unspecified atom stereocenters. The van der Waals surface area contributed by atoms with Crippen molar-refractivity contribution in [2.24, 2.45) is 0 Å². The molecule has 0 bridgehead atoms. The van der Waals surface area contributed by atoms with Crippen LogP contribution in [0.5, 0.6) is 5.75 Å². The van der Waals surface area contributed by atoms with Gasteiger partial charge in [0.2, 0.25) is 0 Å². The number of hydrogen-bond acceptors (Lipinski definition) is 3. The Morgan fingerprint density at radius 1 is 1.50 bits per heavy atom. The van der Waals surface area contributed by atoms with Crippen molar-refractivity contribution < 1.29 is 5.11 Å². The lowest BCUT2D eigenvalue weighted by Crippen LogP contribution is -1.91. The average molecular weight is 153 g/mol. The van der Waals surface area contributed by atoms with E-state index in [1.54, 1.807) is 24.1 Å². The summed E-state index contributed by atoms with van der Waals surface area (Å²) in [6, 6.07) is 5.43. The molecule has 2 rings (SSSR count). The van der Waals surface area contributed by atoms with Crippen LogP contribution in [0.15, 0.2) is 23.1 Å². The zero-order valence-corrected chi connectivity index (χ0v) is 6.11. The monoisotopic (exact) mass is 153 g/mol. The average Bonchev–Trinajstić information content (AvgIpc) is 2.33. The smallest absolute Gasteiger partial charge is 0.116 e. The lowest BCUT2D eigenvalue weighted by Gasteiger charge is -1.94. The van der Waals surface area contributed by atoms with Crippen molar-refractivity contribution in [1.29, 1.82) is 0 Å². The number of phenolic OH excluding ortho intramolecular Hbond substituents is 1. The highest BCUT2D eigenvalue weighted by molar-refractivity contribution is 7.97. The van der Waals surface area contributed by atoms with E-state index in [-0.39, 0.29) is 0 Å². The second-order valence-corrected chi connectivity index (χ2v) is 3.15. The van der Waals surface area contributed by atoms with Crippen LogP contribution in [0.25, 0.3) is 0 Å². The van der Waals surface area contributed by atoms with E-state index >= 15 is 0 Å². The topological polar surface area (TPSA) is 32.3 Å². The van der Waals surface area contributed by atoms with Crippen molar-refractivity contribution in [1.82, 2.24) is 4.72 Å². The van der Waals surface area contributed by atoms with Crippen molar-refractivity contribution in [3.05, 3.63) is 23.8 Å². The van der Waals surface area contributed by atoms with Gasteiger partial charge in [-0.2, -0.15) is 0 Å². The van der Waals surface area contributed by atoms with Crippen LogP contribution in [0.4, 0.5) is 0 Å². The SMILES string of the molecule is Oc1ccc2c(c1)SNC2. The van der Waals surface area contributed by atoms with Gasteiger partial charge in [-0.1, -0.05) is 6.07 Å². The first kappa shape index (κ1) is 6.07. The lowest BCUT2D eigenvalue weighted by atomic mass is 10.2. The third-order valence-corrected chi connectivity index (χ3v) is 2.38. The van der Waals surface area contributed by atoms with Crippen LogP contribution in [0.1, 0.15) is 5.56 Å². The largest absolute Gasteiger partial charge is 0.508 e. The lowest BCUT2D eigenvalue weighted by molar-refractivity contribution is 0.473. The molecular weight excluding hydrogens is 146 g/mol. The zero-order valence-electron chi connectivity index (χ0n) is 5.29. The summed E-state index contributed by atoms with van der Waals surface area (Å²) in [5.74, 6) is 0.343. The fourth-order valence-electron chi connectivity index (χ4n) is 0.976. The molecule has 0 saturated carbocycles. The molecule has 2 N–H and O–H groups in total. The molecule has 0 amide bonds. The van der Waals surface area contributed by atoms with E-state index in [4.69, 9.17) is 5.11 Å². The summed E-state index contributed by atoms with van der Waals surface area (Å²) in [4.78, 5) is 1.14. The van der Waals surface area contributed by atoms with Crippen LogP contribution >= 0.6 is 11.9 Å².